The molecule has 0 bridgehead atoms. The van der Waals surface area contributed by atoms with Gasteiger partial charge in [-0.25, -0.2) is 8.42 Å². The zero-order valence-corrected chi connectivity index (χ0v) is 26.3. The first-order chi connectivity index (χ1) is 21.8. The van der Waals surface area contributed by atoms with Crippen LogP contribution in [-0.4, -0.2) is 21.4 Å². The molecule has 8 heteroatoms. The van der Waals surface area contributed by atoms with E-state index in [1.54, 1.807) is 48.4 Å². The summed E-state index contributed by atoms with van der Waals surface area (Å²) >= 11 is 0. The van der Waals surface area contributed by atoms with Gasteiger partial charge in [0.15, 0.2) is 0 Å². The Hall–Kier alpha value is -5.08. The SMILES string of the molecule is CCc1ccc([C@H]2N(Cc3ccccc3)c3ccc(S(=O)(=O)Nc4ccc(OC)cc4)cc3C(=O)N2c2ccc(C)cc2)cc1. The molecule has 0 aromatic heterocycles. The number of nitrogens with one attached hydrogen (secondary N) is 1. The fourth-order valence-corrected chi connectivity index (χ4v) is 6.74. The fourth-order valence-electron chi connectivity index (χ4n) is 5.66. The van der Waals surface area contributed by atoms with E-state index in [2.05, 4.69) is 52.9 Å². The van der Waals surface area contributed by atoms with Gasteiger partial charge in [-0.2, -0.15) is 0 Å². The summed E-state index contributed by atoms with van der Waals surface area (Å²) in [4.78, 5) is 18.5. The molecular weight excluding hydrogens is 582 g/mol. The van der Waals surface area contributed by atoms with E-state index in [0.29, 0.717) is 29.2 Å². The first-order valence-corrected chi connectivity index (χ1v) is 16.4. The molecule has 45 heavy (non-hydrogen) atoms. The molecule has 228 valence electrons. The Balaban J connectivity index is 1.50. The van der Waals surface area contributed by atoms with Crippen LogP contribution in [0, 0.1) is 6.92 Å². The largest absolute Gasteiger partial charge is 0.497 e. The summed E-state index contributed by atoms with van der Waals surface area (Å²) in [5.41, 5.74) is 6.40. The number of benzene rings is 5. The van der Waals surface area contributed by atoms with Gasteiger partial charge in [-0.1, -0.05) is 79.2 Å². The van der Waals surface area contributed by atoms with Crippen LogP contribution in [0.5, 0.6) is 5.75 Å². The maximum atomic E-state index is 14.6. The molecule has 0 radical (unpaired) electrons. The van der Waals surface area contributed by atoms with Gasteiger partial charge in [-0.05, 0) is 84.6 Å². The molecule has 1 heterocycles. The van der Waals surface area contributed by atoms with E-state index >= 15 is 0 Å². The van der Waals surface area contributed by atoms with E-state index in [-0.39, 0.29) is 10.8 Å². The molecule has 1 atom stereocenters. The Labute approximate surface area is 264 Å². The van der Waals surface area contributed by atoms with Crippen molar-refractivity contribution in [3.8, 4) is 5.75 Å². The molecule has 5 aromatic carbocycles. The van der Waals surface area contributed by atoms with Crippen LogP contribution in [0.15, 0.2) is 126 Å². The summed E-state index contributed by atoms with van der Waals surface area (Å²) in [5, 5.41) is 0. The lowest BCUT2D eigenvalue weighted by molar-refractivity contribution is 0.0968. The number of hydrogen-bond acceptors (Lipinski definition) is 5. The lowest BCUT2D eigenvalue weighted by Crippen LogP contribution is -2.49. The number of nitrogens with zero attached hydrogens (tertiary/aromatic N) is 2. The van der Waals surface area contributed by atoms with Gasteiger partial charge >= 0.3 is 0 Å². The molecule has 0 spiro atoms. The first-order valence-electron chi connectivity index (χ1n) is 14.9. The van der Waals surface area contributed by atoms with Crippen LogP contribution in [-0.2, 0) is 23.0 Å². The number of rotatable bonds is 9. The maximum absolute atomic E-state index is 14.6. The van der Waals surface area contributed by atoms with E-state index < -0.39 is 16.2 Å². The fraction of sp³-hybridized carbons (Fsp3) is 0.162. The lowest BCUT2D eigenvalue weighted by atomic mass is 9.98. The first kappa shape index (κ1) is 30.0. The average molecular weight is 618 g/mol. The molecule has 1 N–H and O–H groups in total. The van der Waals surface area contributed by atoms with Gasteiger partial charge < -0.3 is 9.64 Å². The maximum Gasteiger partial charge on any atom is 0.262 e. The van der Waals surface area contributed by atoms with E-state index in [1.807, 2.05) is 49.4 Å². The molecule has 0 saturated heterocycles. The van der Waals surface area contributed by atoms with E-state index in [0.717, 1.165) is 28.8 Å². The Morgan fingerprint density at radius 1 is 0.800 bits per heavy atom. The molecule has 5 aromatic rings. The average Bonchev–Trinajstić information content (AvgIpc) is 3.07. The third-order valence-corrected chi connectivity index (χ3v) is 9.49. The lowest BCUT2D eigenvalue weighted by Gasteiger charge is -2.46. The highest BCUT2D eigenvalue weighted by molar-refractivity contribution is 7.92. The highest BCUT2D eigenvalue weighted by Gasteiger charge is 2.40. The van der Waals surface area contributed by atoms with Crippen LogP contribution >= 0.6 is 0 Å². The zero-order valence-electron chi connectivity index (χ0n) is 25.5. The second kappa shape index (κ2) is 12.5. The summed E-state index contributed by atoms with van der Waals surface area (Å²) < 4.78 is 35.0. The number of carbonyl (C=O) groups excluding carboxylic acids is 1. The smallest absolute Gasteiger partial charge is 0.262 e. The molecule has 7 nitrogen and oxygen atoms in total. The second-order valence-corrected chi connectivity index (χ2v) is 12.8. The highest BCUT2D eigenvalue weighted by atomic mass is 32.2. The quantitative estimate of drug-likeness (QED) is 0.183. The summed E-state index contributed by atoms with van der Waals surface area (Å²) in [7, 11) is -2.46. The number of methoxy groups -OCH3 is 1. The van der Waals surface area contributed by atoms with Gasteiger partial charge in [0, 0.05) is 17.9 Å². The van der Waals surface area contributed by atoms with Crippen molar-refractivity contribution in [1.29, 1.82) is 0 Å². The van der Waals surface area contributed by atoms with Crippen molar-refractivity contribution in [3.63, 3.8) is 0 Å². The van der Waals surface area contributed by atoms with Crippen molar-refractivity contribution >= 4 is 33.0 Å². The normalized spacial score (nSPS) is 14.6. The van der Waals surface area contributed by atoms with Crippen LogP contribution in [0.3, 0.4) is 0 Å². The standard InChI is InChI=1S/C37H35N3O4S/c1-4-27-12-14-29(15-13-27)36-39(25-28-8-6-5-7-9-28)35-23-22-33(45(42,43)38-30-16-20-32(44-3)21-17-30)24-34(35)37(41)40(36)31-18-10-26(2)11-19-31/h5-24,36,38H,4,25H2,1-3H3/t36-/m0/s1. The van der Waals surface area contributed by atoms with Gasteiger partial charge in [-0.15, -0.1) is 0 Å². The number of sulfonamides is 1. The second-order valence-electron chi connectivity index (χ2n) is 11.1. The molecular formula is C37H35N3O4S. The van der Waals surface area contributed by atoms with E-state index in [1.165, 1.54) is 11.6 Å². The summed E-state index contributed by atoms with van der Waals surface area (Å²) in [6, 6.07) is 37.7. The van der Waals surface area contributed by atoms with Gasteiger partial charge in [0.25, 0.3) is 15.9 Å². The topological polar surface area (TPSA) is 79.0 Å². The van der Waals surface area contributed by atoms with Gasteiger partial charge in [0.1, 0.15) is 11.9 Å². The molecule has 1 aliphatic rings. The molecule has 1 aliphatic heterocycles. The van der Waals surface area contributed by atoms with Crippen LogP contribution in [0.2, 0.25) is 0 Å². The van der Waals surface area contributed by atoms with Crippen LogP contribution in [0.25, 0.3) is 0 Å². The number of ether oxygens (including phenoxy) is 1. The van der Waals surface area contributed by atoms with Crippen LogP contribution in [0.4, 0.5) is 17.1 Å². The molecule has 0 aliphatic carbocycles. The molecule has 1 amide bonds. The predicted octanol–water partition coefficient (Wildman–Crippen LogP) is 7.73. The molecule has 0 unspecified atom stereocenters. The third-order valence-electron chi connectivity index (χ3n) is 8.11. The summed E-state index contributed by atoms with van der Waals surface area (Å²) in [6.45, 7) is 4.62. The number of anilines is 3. The monoisotopic (exact) mass is 617 g/mol. The molecule has 0 saturated carbocycles. The minimum absolute atomic E-state index is 0.000293. The Kier molecular flexibility index (Phi) is 8.32. The van der Waals surface area contributed by atoms with E-state index in [4.69, 9.17) is 4.74 Å². The summed E-state index contributed by atoms with van der Waals surface area (Å²) in [6.07, 6.45) is 0.433. The predicted molar refractivity (Wildman–Crippen MR) is 179 cm³/mol. The minimum Gasteiger partial charge on any atom is -0.497 e. The van der Waals surface area contributed by atoms with Gasteiger partial charge in [0.05, 0.1) is 23.3 Å². The number of carbonyl (C=O) groups is 1. The number of fused-ring (bicyclic) bond motifs is 1. The Morgan fingerprint density at radius 2 is 1.49 bits per heavy atom. The number of aryl methyl sites for hydroxylation is 2. The minimum atomic E-state index is -4.01. The Bertz CT molecular complexity index is 1910. The van der Waals surface area contributed by atoms with Gasteiger partial charge in [-0.3, -0.25) is 14.4 Å². The third kappa shape index (κ3) is 6.14. The van der Waals surface area contributed by atoms with Gasteiger partial charge in [0.2, 0.25) is 0 Å². The van der Waals surface area contributed by atoms with Crippen molar-refractivity contribution in [2.24, 2.45) is 0 Å². The van der Waals surface area contributed by atoms with Crippen molar-refractivity contribution < 1.29 is 17.9 Å². The van der Waals surface area contributed by atoms with Crippen molar-refractivity contribution in [3.05, 3.63) is 149 Å². The van der Waals surface area contributed by atoms with Crippen LogP contribution < -0.4 is 19.3 Å². The van der Waals surface area contributed by atoms with Crippen molar-refractivity contribution in [2.75, 3.05) is 21.6 Å². The zero-order chi connectivity index (χ0) is 31.6. The summed E-state index contributed by atoms with van der Waals surface area (Å²) in [5.74, 6) is 0.343. The highest BCUT2D eigenvalue weighted by Crippen LogP contribution is 2.43. The van der Waals surface area contributed by atoms with Crippen molar-refractivity contribution in [2.45, 2.75) is 37.9 Å². The molecule has 0 fully saturated rings. The Morgan fingerprint density at radius 3 is 2.13 bits per heavy atom. The number of hydrogen-bond donors (Lipinski definition) is 1. The van der Waals surface area contributed by atoms with E-state index in [9.17, 15) is 13.2 Å². The van der Waals surface area contributed by atoms with Crippen molar-refractivity contribution in [1.82, 2.24) is 0 Å². The van der Waals surface area contributed by atoms with Crippen LogP contribution in [0.1, 0.15) is 45.7 Å². The number of amides is 1. The molecule has 6 rings (SSSR count).